The maximum atomic E-state index is 12.6. The van der Waals surface area contributed by atoms with Crippen LogP contribution >= 0.6 is 0 Å². The highest BCUT2D eigenvalue weighted by atomic mass is 16.7. The molecular weight excluding hydrogens is 506 g/mol. The van der Waals surface area contributed by atoms with Crippen molar-refractivity contribution in [2.24, 2.45) is 16.7 Å². The van der Waals surface area contributed by atoms with E-state index < -0.39 is 30.1 Å². The molecule has 1 atom stereocenters. The Labute approximate surface area is 232 Å². The van der Waals surface area contributed by atoms with Crippen molar-refractivity contribution in [1.29, 1.82) is 0 Å². The van der Waals surface area contributed by atoms with Crippen LogP contribution in [0, 0.1) is 16.7 Å². The maximum absolute atomic E-state index is 12.6. The Morgan fingerprint density at radius 3 is 1.92 bits per heavy atom. The van der Waals surface area contributed by atoms with E-state index in [0.29, 0.717) is 5.56 Å². The van der Waals surface area contributed by atoms with Crippen molar-refractivity contribution in [3.05, 3.63) is 23.8 Å². The topological polar surface area (TPSA) is 126 Å². The minimum atomic E-state index is -0.780. The van der Waals surface area contributed by atoms with Gasteiger partial charge in [0.05, 0.1) is 26.6 Å². The Bertz CT molecular complexity index is 974. The molecule has 0 aliphatic rings. The standard InChI is InChI=1S/C29H45NO9/c1-19(2)18-37-27(34)36-13-12-30-21(26(33)35-9)14-20-10-11-22(38-24(31)16-28(3,4)5)23(15-20)39-25(32)17-29(6,7)8/h10-11,15,19,21,30H,12-14,16-18H2,1-9H3/t21-/m0/s1. The molecule has 0 aliphatic heterocycles. The molecule has 0 saturated carbocycles. The average molecular weight is 552 g/mol. The highest BCUT2D eigenvalue weighted by Gasteiger charge is 2.24. The zero-order chi connectivity index (χ0) is 29.8. The summed E-state index contributed by atoms with van der Waals surface area (Å²) in [6.07, 6.45) is -0.285. The van der Waals surface area contributed by atoms with Crippen molar-refractivity contribution < 1.29 is 42.9 Å². The normalized spacial score (nSPS) is 12.5. The van der Waals surface area contributed by atoms with Crippen molar-refractivity contribution in [2.75, 3.05) is 26.9 Å². The van der Waals surface area contributed by atoms with Crippen LogP contribution in [0.5, 0.6) is 11.5 Å². The quantitative estimate of drug-likeness (QED) is 0.206. The highest BCUT2D eigenvalue weighted by Crippen LogP contribution is 2.32. The summed E-state index contributed by atoms with van der Waals surface area (Å²) in [5, 5.41) is 3.00. The number of nitrogens with one attached hydrogen (secondary N) is 1. The average Bonchev–Trinajstić information content (AvgIpc) is 2.78. The van der Waals surface area contributed by atoms with Crippen LogP contribution in [0.15, 0.2) is 18.2 Å². The van der Waals surface area contributed by atoms with E-state index in [4.69, 9.17) is 23.7 Å². The van der Waals surface area contributed by atoms with E-state index in [9.17, 15) is 19.2 Å². The van der Waals surface area contributed by atoms with Gasteiger partial charge in [0, 0.05) is 6.54 Å². The van der Waals surface area contributed by atoms with Gasteiger partial charge >= 0.3 is 24.1 Å². The fraction of sp³-hybridized carbons (Fsp3) is 0.655. The SMILES string of the molecule is COC(=O)[C@H](Cc1ccc(OC(=O)CC(C)(C)C)c(OC(=O)CC(C)(C)C)c1)NCCOC(=O)OCC(C)C. The van der Waals surface area contributed by atoms with E-state index in [1.807, 2.05) is 55.4 Å². The van der Waals surface area contributed by atoms with Crippen molar-refractivity contribution in [3.63, 3.8) is 0 Å². The van der Waals surface area contributed by atoms with E-state index in [2.05, 4.69) is 5.32 Å². The van der Waals surface area contributed by atoms with Gasteiger partial charge in [-0.2, -0.15) is 0 Å². The molecule has 10 nitrogen and oxygen atoms in total. The third kappa shape index (κ3) is 15.1. The van der Waals surface area contributed by atoms with Gasteiger partial charge in [0.2, 0.25) is 0 Å². The second-order valence-electron chi connectivity index (χ2n) is 12.2. The number of ether oxygens (including phenoxy) is 5. The van der Waals surface area contributed by atoms with Gasteiger partial charge in [-0.1, -0.05) is 61.5 Å². The number of carbonyl (C=O) groups excluding carboxylic acids is 4. The monoisotopic (exact) mass is 551 g/mol. The van der Waals surface area contributed by atoms with Crippen LogP contribution in [0.2, 0.25) is 0 Å². The molecule has 0 spiro atoms. The minimum Gasteiger partial charge on any atom is -0.468 e. The highest BCUT2D eigenvalue weighted by molar-refractivity contribution is 5.78. The predicted molar refractivity (Wildman–Crippen MR) is 146 cm³/mol. The largest absolute Gasteiger partial charge is 0.508 e. The zero-order valence-electron chi connectivity index (χ0n) is 24.8. The number of methoxy groups -OCH3 is 1. The van der Waals surface area contributed by atoms with Gasteiger partial charge < -0.3 is 29.0 Å². The van der Waals surface area contributed by atoms with Crippen molar-refractivity contribution >= 4 is 24.1 Å². The third-order valence-corrected chi connectivity index (χ3v) is 4.98. The number of rotatable bonds is 13. The lowest BCUT2D eigenvalue weighted by Crippen LogP contribution is -2.41. The summed E-state index contributed by atoms with van der Waals surface area (Å²) in [5.74, 6) is -1.06. The maximum Gasteiger partial charge on any atom is 0.508 e. The summed E-state index contributed by atoms with van der Waals surface area (Å²) in [4.78, 5) is 49.1. The van der Waals surface area contributed by atoms with E-state index in [-0.39, 0.29) is 67.3 Å². The molecule has 0 radical (unpaired) electrons. The fourth-order valence-electron chi connectivity index (χ4n) is 3.29. The molecule has 0 amide bonds. The van der Waals surface area contributed by atoms with Gasteiger partial charge in [0.25, 0.3) is 0 Å². The van der Waals surface area contributed by atoms with E-state index in [1.165, 1.54) is 13.2 Å². The van der Waals surface area contributed by atoms with Crippen LogP contribution in [0.1, 0.15) is 73.8 Å². The number of hydrogen-bond donors (Lipinski definition) is 1. The second kappa shape index (κ2) is 15.5. The lowest BCUT2D eigenvalue weighted by atomic mass is 9.92. The third-order valence-electron chi connectivity index (χ3n) is 4.98. The smallest absolute Gasteiger partial charge is 0.468 e. The first-order valence-electron chi connectivity index (χ1n) is 13.1. The van der Waals surface area contributed by atoms with Gasteiger partial charge in [-0.25, -0.2) is 4.79 Å². The summed E-state index contributed by atoms with van der Waals surface area (Å²) in [7, 11) is 1.27. The van der Waals surface area contributed by atoms with Crippen LogP contribution in [-0.4, -0.2) is 57.0 Å². The molecule has 1 rings (SSSR count). The predicted octanol–water partition coefficient (Wildman–Crippen LogP) is 4.85. The van der Waals surface area contributed by atoms with Crippen LogP contribution in [0.3, 0.4) is 0 Å². The van der Waals surface area contributed by atoms with Gasteiger partial charge in [0.1, 0.15) is 12.6 Å². The molecule has 0 heterocycles. The molecule has 1 aromatic carbocycles. The first kappa shape index (κ1) is 33.9. The Kier molecular flexibility index (Phi) is 13.4. The second-order valence-corrected chi connectivity index (χ2v) is 12.2. The van der Waals surface area contributed by atoms with E-state index >= 15 is 0 Å². The molecule has 1 N–H and O–H groups in total. The Balaban J connectivity index is 3.02. The molecule has 39 heavy (non-hydrogen) atoms. The first-order chi connectivity index (χ1) is 18.0. The van der Waals surface area contributed by atoms with Gasteiger partial charge in [-0.05, 0) is 40.9 Å². The van der Waals surface area contributed by atoms with Gasteiger partial charge in [0.15, 0.2) is 11.5 Å². The Morgan fingerprint density at radius 2 is 1.41 bits per heavy atom. The van der Waals surface area contributed by atoms with Crippen molar-refractivity contribution in [1.82, 2.24) is 5.32 Å². The first-order valence-corrected chi connectivity index (χ1v) is 13.1. The number of benzene rings is 1. The number of esters is 3. The number of carbonyl (C=O) groups is 4. The molecule has 10 heteroatoms. The molecule has 0 saturated heterocycles. The van der Waals surface area contributed by atoms with E-state index in [0.717, 1.165) is 0 Å². The van der Waals surface area contributed by atoms with E-state index in [1.54, 1.807) is 12.1 Å². The molecule has 0 fully saturated rings. The van der Waals surface area contributed by atoms with Gasteiger partial charge in [-0.3, -0.25) is 14.4 Å². The molecule has 0 aliphatic carbocycles. The lowest BCUT2D eigenvalue weighted by molar-refractivity contribution is -0.143. The summed E-state index contributed by atoms with van der Waals surface area (Å²) >= 11 is 0. The Hall–Kier alpha value is -3.14. The van der Waals surface area contributed by atoms with Crippen molar-refractivity contribution in [3.8, 4) is 11.5 Å². The molecule has 0 unspecified atom stereocenters. The molecule has 1 aromatic rings. The molecule has 0 aromatic heterocycles. The summed E-state index contributed by atoms with van der Waals surface area (Å²) in [6.45, 7) is 15.7. The summed E-state index contributed by atoms with van der Waals surface area (Å²) in [5.41, 5.74) is 0.0411. The van der Waals surface area contributed by atoms with Crippen molar-refractivity contribution in [2.45, 2.75) is 80.7 Å². The van der Waals surface area contributed by atoms with Crippen LogP contribution in [0.4, 0.5) is 4.79 Å². The molecular formula is C29H45NO9. The zero-order valence-corrected chi connectivity index (χ0v) is 24.8. The Morgan fingerprint density at radius 1 is 0.846 bits per heavy atom. The number of hydrogen-bond acceptors (Lipinski definition) is 10. The lowest BCUT2D eigenvalue weighted by Gasteiger charge is -2.20. The fourth-order valence-corrected chi connectivity index (χ4v) is 3.29. The minimum absolute atomic E-state index is 0.0112. The van der Waals surface area contributed by atoms with Crippen LogP contribution < -0.4 is 14.8 Å². The van der Waals surface area contributed by atoms with Crippen LogP contribution in [-0.2, 0) is 35.0 Å². The summed E-state index contributed by atoms with van der Waals surface area (Å²) < 4.78 is 26.0. The van der Waals surface area contributed by atoms with Crippen LogP contribution in [0.25, 0.3) is 0 Å². The van der Waals surface area contributed by atoms with Gasteiger partial charge in [-0.15, -0.1) is 0 Å². The summed E-state index contributed by atoms with van der Waals surface area (Å²) in [6, 6.07) is 4.01. The molecule has 0 bridgehead atoms. The molecule has 220 valence electrons.